The second-order valence-electron chi connectivity index (χ2n) is 5.46. The van der Waals surface area contributed by atoms with Crippen LogP contribution < -0.4 is 10.6 Å². The minimum atomic E-state index is -0.354. The summed E-state index contributed by atoms with van der Waals surface area (Å²) in [4.78, 5) is 0. The summed E-state index contributed by atoms with van der Waals surface area (Å²) in [5, 5.41) is 7.01. The van der Waals surface area contributed by atoms with Gasteiger partial charge in [0.25, 0.3) is 0 Å². The molecule has 0 amide bonds. The summed E-state index contributed by atoms with van der Waals surface area (Å²) in [6.45, 7) is 0.280. The third-order valence-electron chi connectivity index (χ3n) is 3.71. The molecule has 0 unspecified atom stereocenters. The Kier molecular flexibility index (Phi) is 5.64. The van der Waals surface area contributed by atoms with Gasteiger partial charge in [-0.05, 0) is 36.0 Å². The number of nitrogens with one attached hydrogen (secondary N) is 2. The molecule has 0 atom stereocenters. The Morgan fingerprint density at radius 2 is 1.68 bits per heavy atom. The van der Waals surface area contributed by atoms with Crippen molar-refractivity contribution in [3.8, 4) is 11.1 Å². The quantitative estimate of drug-likeness (QED) is 0.582. The molecular weight excluding hydrogens is 355 g/mol. The third-order valence-corrected chi connectivity index (χ3v) is 4.20. The first kappa shape index (κ1) is 17.4. The Hall–Kier alpha value is -2.43. The van der Waals surface area contributed by atoms with Crippen LogP contribution in [0.4, 0.5) is 10.1 Å². The lowest BCUT2D eigenvalue weighted by Gasteiger charge is -2.14. The highest BCUT2D eigenvalue weighted by atomic mass is 35.5. The van der Waals surface area contributed by atoms with Crippen molar-refractivity contribution in [2.75, 3.05) is 5.32 Å². The zero-order valence-corrected chi connectivity index (χ0v) is 14.9. The van der Waals surface area contributed by atoms with E-state index in [1.165, 1.54) is 6.07 Å². The maximum atomic E-state index is 13.8. The fourth-order valence-corrected chi connectivity index (χ4v) is 2.81. The first-order valence-corrected chi connectivity index (χ1v) is 8.55. The fourth-order valence-electron chi connectivity index (χ4n) is 2.47. The predicted molar refractivity (Wildman–Crippen MR) is 106 cm³/mol. The number of hydrogen-bond acceptors (Lipinski definition) is 1. The number of benzene rings is 3. The van der Waals surface area contributed by atoms with E-state index in [4.69, 9.17) is 23.8 Å². The van der Waals surface area contributed by atoms with Gasteiger partial charge in [-0.25, -0.2) is 4.39 Å². The van der Waals surface area contributed by atoms with Crippen LogP contribution in [-0.4, -0.2) is 5.11 Å². The van der Waals surface area contributed by atoms with Crippen molar-refractivity contribution in [1.29, 1.82) is 0 Å². The molecule has 0 radical (unpaired) electrons. The van der Waals surface area contributed by atoms with Crippen molar-refractivity contribution >= 4 is 34.6 Å². The van der Waals surface area contributed by atoms with E-state index >= 15 is 0 Å². The minimum absolute atomic E-state index is 0.280. The zero-order chi connectivity index (χ0) is 17.6. The normalized spacial score (nSPS) is 10.3. The van der Waals surface area contributed by atoms with E-state index in [1.807, 2.05) is 54.6 Å². The largest absolute Gasteiger partial charge is 0.358 e. The number of para-hydroxylation sites is 1. The highest BCUT2D eigenvalue weighted by Gasteiger charge is 2.07. The molecule has 0 aliphatic rings. The maximum absolute atomic E-state index is 13.8. The molecule has 5 heteroatoms. The monoisotopic (exact) mass is 370 g/mol. The van der Waals surface area contributed by atoms with Gasteiger partial charge in [-0.2, -0.15) is 0 Å². The smallest absolute Gasteiger partial charge is 0.171 e. The molecule has 3 aromatic carbocycles. The number of halogens is 2. The van der Waals surface area contributed by atoms with Gasteiger partial charge in [0.2, 0.25) is 0 Å². The van der Waals surface area contributed by atoms with Crippen molar-refractivity contribution in [1.82, 2.24) is 5.32 Å². The average molecular weight is 371 g/mol. The predicted octanol–water partition coefficient (Wildman–Crippen LogP) is 5.63. The number of anilines is 1. The summed E-state index contributed by atoms with van der Waals surface area (Å²) in [5.74, 6) is -0.354. The van der Waals surface area contributed by atoms with Crippen LogP contribution in [0.15, 0.2) is 72.8 Å². The van der Waals surface area contributed by atoms with Gasteiger partial charge in [0, 0.05) is 28.4 Å². The molecule has 2 nitrogen and oxygen atoms in total. The second kappa shape index (κ2) is 8.10. The molecular formula is C20H16ClFN2S. The van der Waals surface area contributed by atoms with Crippen LogP contribution in [0.3, 0.4) is 0 Å². The second-order valence-corrected chi connectivity index (χ2v) is 6.30. The van der Waals surface area contributed by atoms with E-state index in [1.54, 1.807) is 12.1 Å². The highest BCUT2D eigenvalue weighted by molar-refractivity contribution is 7.80. The molecule has 2 N–H and O–H groups in total. The Balaban J connectivity index is 1.69. The molecule has 0 aliphatic carbocycles. The van der Waals surface area contributed by atoms with E-state index in [0.717, 1.165) is 16.8 Å². The van der Waals surface area contributed by atoms with Crippen LogP contribution in [-0.2, 0) is 6.54 Å². The molecule has 0 aliphatic heterocycles. The zero-order valence-electron chi connectivity index (χ0n) is 13.3. The van der Waals surface area contributed by atoms with E-state index < -0.39 is 0 Å². The van der Waals surface area contributed by atoms with E-state index in [9.17, 15) is 4.39 Å². The van der Waals surface area contributed by atoms with Crippen LogP contribution in [0.1, 0.15) is 5.56 Å². The van der Waals surface area contributed by atoms with Gasteiger partial charge in [0.15, 0.2) is 5.11 Å². The molecule has 3 rings (SSSR count). The van der Waals surface area contributed by atoms with Gasteiger partial charge >= 0.3 is 0 Å². The summed E-state index contributed by atoms with van der Waals surface area (Å²) >= 11 is 11.1. The Bertz CT molecular complexity index is 884. The number of rotatable bonds is 4. The standard InChI is InChI=1S/C20H16ClFN2S/c21-16-11-10-15(18(22)12-16)13-23-20(25)24-19-9-5-4-8-17(19)14-6-2-1-3-7-14/h1-12H,13H2,(H2,23,24,25). The Morgan fingerprint density at radius 1 is 0.960 bits per heavy atom. The van der Waals surface area contributed by atoms with Crippen molar-refractivity contribution in [2.24, 2.45) is 0 Å². The summed E-state index contributed by atoms with van der Waals surface area (Å²) in [7, 11) is 0. The first-order chi connectivity index (χ1) is 12.1. The van der Waals surface area contributed by atoms with Crippen LogP contribution in [0, 0.1) is 5.82 Å². The van der Waals surface area contributed by atoms with Gasteiger partial charge in [-0.3, -0.25) is 0 Å². The summed E-state index contributed by atoms with van der Waals surface area (Å²) in [5.41, 5.74) is 3.54. The molecule has 0 aromatic heterocycles. The van der Waals surface area contributed by atoms with Crippen molar-refractivity contribution in [2.45, 2.75) is 6.54 Å². The topological polar surface area (TPSA) is 24.1 Å². The van der Waals surface area contributed by atoms with Gasteiger partial charge in [0.05, 0.1) is 0 Å². The lowest BCUT2D eigenvalue weighted by molar-refractivity contribution is 0.606. The van der Waals surface area contributed by atoms with E-state index in [2.05, 4.69) is 10.6 Å². The summed E-state index contributed by atoms with van der Waals surface area (Å²) in [6.07, 6.45) is 0. The lowest BCUT2D eigenvalue weighted by Crippen LogP contribution is -2.28. The van der Waals surface area contributed by atoms with Gasteiger partial charge in [-0.1, -0.05) is 66.2 Å². The molecule has 0 saturated carbocycles. The Morgan fingerprint density at radius 3 is 2.44 bits per heavy atom. The highest BCUT2D eigenvalue weighted by Crippen LogP contribution is 2.27. The SMILES string of the molecule is Fc1cc(Cl)ccc1CNC(=S)Nc1ccccc1-c1ccccc1. The summed E-state index contributed by atoms with van der Waals surface area (Å²) in [6, 6.07) is 22.5. The minimum Gasteiger partial charge on any atom is -0.358 e. The molecule has 3 aromatic rings. The van der Waals surface area contributed by atoms with E-state index in [-0.39, 0.29) is 12.4 Å². The molecule has 0 bridgehead atoms. The van der Waals surface area contributed by atoms with Gasteiger partial charge in [-0.15, -0.1) is 0 Å². The molecule has 0 spiro atoms. The number of thiocarbonyl (C=S) groups is 1. The van der Waals surface area contributed by atoms with Crippen molar-refractivity contribution in [3.05, 3.63) is 89.2 Å². The lowest BCUT2D eigenvalue weighted by atomic mass is 10.0. The fraction of sp³-hybridized carbons (Fsp3) is 0.0500. The molecule has 0 fully saturated rings. The van der Waals surface area contributed by atoms with Gasteiger partial charge < -0.3 is 10.6 Å². The third kappa shape index (κ3) is 4.56. The van der Waals surface area contributed by atoms with Crippen molar-refractivity contribution in [3.63, 3.8) is 0 Å². The Labute approximate surface area is 156 Å². The van der Waals surface area contributed by atoms with E-state index in [0.29, 0.717) is 15.7 Å². The maximum Gasteiger partial charge on any atom is 0.171 e. The first-order valence-electron chi connectivity index (χ1n) is 7.77. The van der Waals surface area contributed by atoms with Crippen LogP contribution in [0.5, 0.6) is 0 Å². The molecule has 25 heavy (non-hydrogen) atoms. The van der Waals surface area contributed by atoms with Crippen molar-refractivity contribution < 1.29 is 4.39 Å². The number of hydrogen-bond donors (Lipinski definition) is 2. The molecule has 0 heterocycles. The summed E-state index contributed by atoms with van der Waals surface area (Å²) < 4.78 is 13.8. The molecule has 0 saturated heterocycles. The molecule has 126 valence electrons. The van der Waals surface area contributed by atoms with Crippen LogP contribution >= 0.6 is 23.8 Å². The van der Waals surface area contributed by atoms with Crippen LogP contribution in [0.2, 0.25) is 5.02 Å². The average Bonchev–Trinajstić information content (AvgIpc) is 2.62. The van der Waals surface area contributed by atoms with Gasteiger partial charge in [0.1, 0.15) is 5.82 Å². The van der Waals surface area contributed by atoms with Crippen LogP contribution in [0.25, 0.3) is 11.1 Å².